The van der Waals surface area contributed by atoms with Crippen LogP contribution in [0.3, 0.4) is 0 Å². The Morgan fingerprint density at radius 2 is 0.925 bits per heavy atom. The van der Waals surface area contributed by atoms with Crippen molar-refractivity contribution < 1.29 is 28.5 Å². The number of aliphatic hydroxyl groups is 1. The molecule has 0 spiro atoms. The monoisotopic (exact) mass is 728 g/mol. The lowest BCUT2D eigenvalue weighted by Gasteiger charge is -2.44. The maximum absolute atomic E-state index is 10.8. The fourth-order valence-electron chi connectivity index (χ4n) is 6.75. The summed E-state index contributed by atoms with van der Waals surface area (Å²) in [5.74, 6) is 2.55. The first-order valence-corrected chi connectivity index (χ1v) is 20.1. The smallest absolute Gasteiger partial charge is 0.261 e. The zero-order valence-electron chi connectivity index (χ0n) is 31.1. The number of rotatable bonds is 20. The number of hydrogen-bond donors (Lipinski definition) is 1. The second-order valence-corrected chi connectivity index (χ2v) is 18.4. The van der Waals surface area contributed by atoms with Gasteiger partial charge in [-0.1, -0.05) is 178 Å². The average molecular weight is 729 g/mol. The van der Waals surface area contributed by atoms with E-state index in [1.54, 1.807) is 0 Å². The summed E-state index contributed by atoms with van der Waals surface area (Å²) in [6.07, 6.45) is 2.64. The summed E-state index contributed by atoms with van der Waals surface area (Å²) in [4.78, 5) is 0. The Morgan fingerprint density at radius 3 is 1.30 bits per heavy atom. The molecule has 5 aromatic rings. The number of hydrogen-bond acceptors (Lipinski definition) is 6. The van der Waals surface area contributed by atoms with E-state index < -0.39 is 32.7 Å². The summed E-state index contributed by atoms with van der Waals surface area (Å²) in [6, 6.07) is 51.0. The number of terminal acetylenes is 1. The molecule has 0 radical (unpaired) electrons. The highest BCUT2D eigenvalue weighted by atomic mass is 28.4. The minimum absolute atomic E-state index is 0.00404. The largest absolute Gasteiger partial charge is 0.405 e. The molecule has 0 fully saturated rings. The second kappa shape index (κ2) is 20.2. The van der Waals surface area contributed by atoms with Crippen LogP contribution in [0.1, 0.15) is 37.5 Å². The van der Waals surface area contributed by atoms with Crippen molar-refractivity contribution in [3.8, 4) is 12.3 Å². The van der Waals surface area contributed by atoms with Crippen LogP contribution in [0.15, 0.2) is 152 Å². The van der Waals surface area contributed by atoms with E-state index in [1.165, 1.54) is 0 Å². The molecule has 0 aliphatic carbocycles. The van der Waals surface area contributed by atoms with E-state index in [9.17, 15) is 5.11 Å². The molecular weight excluding hydrogens is 677 g/mol. The van der Waals surface area contributed by atoms with Crippen molar-refractivity contribution in [3.05, 3.63) is 168 Å². The summed E-state index contributed by atoms with van der Waals surface area (Å²) < 4.78 is 34.1. The van der Waals surface area contributed by atoms with Crippen molar-refractivity contribution in [2.24, 2.45) is 0 Å². The first-order valence-electron chi connectivity index (χ1n) is 18.2. The van der Waals surface area contributed by atoms with Gasteiger partial charge in [-0.2, -0.15) is 0 Å². The molecule has 276 valence electrons. The van der Waals surface area contributed by atoms with Gasteiger partial charge in [-0.05, 0) is 32.1 Å². The minimum Gasteiger partial charge on any atom is -0.405 e. The highest BCUT2D eigenvalue weighted by Crippen LogP contribution is 2.37. The van der Waals surface area contributed by atoms with E-state index in [0.29, 0.717) is 6.61 Å². The van der Waals surface area contributed by atoms with Gasteiger partial charge in [0.05, 0.1) is 33.0 Å². The zero-order chi connectivity index (χ0) is 37.4. The molecule has 0 unspecified atom stereocenters. The fourth-order valence-corrected chi connectivity index (χ4v) is 11.3. The maximum Gasteiger partial charge on any atom is 0.261 e. The molecule has 6 nitrogen and oxygen atoms in total. The molecule has 0 heterocycles. The Balaban J connectivity index is 1.61. The van der Waals surface area contributed by atoms with E-state index >= 15 is 0 Å². The third-order valence-corrected chi connectivity index (χ3v) is 14.4. The predicted molar refractivity (Wildman–Crippen MR) is 214 cm³/mol. The Labute approximate surface area is 316 Å². The van der Waals surface area contributed by atoms with E-state index in [2.05, 4.69) is 75.2 Å². The highest BCUT2D eigenvalue weighted by Gasteiger charge is 2.51. The fraction of sp³-hybridized carbons (Fsp3) is 0.304. The quantitative estimate of drug-likeness (QED) is 0.0670. The highest BCUT2D eigenvalue weighted by molar-refractivity contribution is 6.99. The van der Waals surface area contributed by atoms with Crippen LogP contribution in [0.4, 0.5) is 0 Å². The van der Waals surface area contributed by atoms with Crippen LogP contribution < -0.4 is 10.4 Å². The summed E-state index contributed by atoms with van der Waals surface area (Å²) in [5, 5.41) is 12.9. The Morgan fingerprint density at radius 1 is 0.547 bits per heavy atom. The SMILES string of the molecule is C#CCO[C@H](CO)[C@@H](OCc1ccccc1)[C@H](OCc1ccccc1)[C@H](CO[Si](c1ccccc1)(c1ccccc1)C(C)(C)C)OCc1ccccc1. The lowest BCUT2D eigenvalue weighted by molar-refractivity contribution is -0.196. The molecule has 53 heavy (non-hydrogen) atoms. The summed E-state index contributed by atoms with van der Waals surface area (Å²) in [5.41, 5.74) is 2.96. The van der Waals surface area contributed by atoms with Gasteiger partial charge in [-0.3, -0.25) is 0 Å². The van der Waals surface area contributed by atoms with Gasteiger partial charge in [0.2, 0.25) is 0 Å². The van der Waals surface area contributed by atoms with Crippen LogP contribution in [0.2, 0.25) is 5.04 Å². The van der Waals surface area contributed by atoms with Crippen molar-refractivity contribution >= 4 is 18.7 Å². The number of ether oxygens (including phenoxy) is 4. The summed E-state index contributed by atoms with van der Waals surface area (Å²) >= 11 is 0. The molecule has 0 aliphatic rings. The molecule has 0 saturated carbocycles. The number of aliphatic hydroxyl groups excluding tert-OH is 1. The molecule has 0 aliphatic heterocycles. The summed E-state index contributed by atoms with van der Waals surface area (Å²) in [6.45, 7) is 7.43. The second-order valence-electron chi connectivity index (χ2n) is 14.1. The van der Waals surface area contributed by atoms with E-state index in [4.69, 9.17) is 29.8 Å². The van der Waals surface area contributed by atoms with Crippen LogP contribution in [-0.4, -0.2) is 57.7 Å². The lowest BCUT2D eigenvalue weighted by atomic mass is 10.0. The molecule has 0 amide bonds. The maximum atomic E-state index is 10.8. The van der Waals surface area contributed by atoms with Crippen molar-refractivity contribution in [3.63, 3.8) is 0 Å². The molecule has 5 rings (SSSR count). The average Bonchev–Trinajstić information content (AvgIpc) is 3.20. The molecule has 5 aromatic carbocycles. The molecule has 1 N–H and O–H groups in total. The van der Waals surface area contributed by atoms with Gasteiger partial charge in [0.1, 0.15) is 31.0 Å². The molecule has 0 bridgehead atoms. The van der Waals surface area contributed by atoms with Crippen LogP contribution in [-0.2, 0) is 43.2 Å². The van der Waals surface area contributed by atoms with Crippen molar-refractivity contribution in [2.45, 2.75) is 70.0 Å². The molecule has 7 heteroatoms. The van der Waals surface area contributed by atoms with Crippen LogP contribution >= 0.6 is 0 Å². The molecular formula is C46H52O6Si. The molecule has 0 saturated heterocycles. The van der Waals surface area contributed by atoms with Gasteiger partial charge < -0.3 is 28.5 Å². The minimum atomic E-state index is -3.00. The lowest BCUT2D eigenvalue weighted by Crippen LogP contribution is -2.67. The summed E-state index contributed by atoms with van der Waals surface area (Å²) in [7, 11) is -3.00. The van der Waals surface area contributed by atoms with Crippen LogP contribution in [0.25, 0.3) is 0 Å². The van der Waals surface area contributed by atoms with Crippen molar-refractivity contribution in [1.82, 2.24) is 0 Å². The zero-order valence-corrected chi connectivity index (χ0v) is 32.1. The number of benzene rings is 5. The van der Waals surface area contributed by atoms with Gasteiger partial charge >= 0.3 is 0 Å². The Hall–Kier alpha value is -4.36. The molecule has 4 atom stereocenters. The van der Waals surface area contributed by atoms with Crippen LogP contribution in [0, 0.1) is 12.3 Å². The Kier molecular flexibility index (Phi) is 15.2. The third kappa shape index (κ3) is 10.8. The predicted octanol–water partition coefficient (Wildman–Crippen LogP) is 7.33. The van der Waals surface area contributed by atoms with Crippen molar-refractivity contribution in [2.75, 3.05) is 19.8 Å². The van der Waals surface area contributed by atoms with Crippen molar-refractivity contribution in [1.29, 1.82) is 0 Å². The van der Waals surface area contributed by atoms with Gasteiger partial charge in [-0.15, -0.1) is 6.42 Å². The topological polar surface area (TPSA) is 66.4 Å². The van der Waals surface area contributed by atoms with E-state index in [1.807, 2.05) is 103 Å². The third-order valence-electron chi connectivity index (χ3n) is 9.38. The van der Waals surface area contributed by atoms with Gasteiger partial charge in [0.25, 0.3) is 8.32 Å². The first-order chi connectivity index (χ1) is 25.9. The van der Waals surface area contributed by atoms with Gasteiger partial charge in [0.15, 0.2) is 0 Å². The normalized spacial score (nSPS) is 14.2. The van der Waals surface area contributed by atoms with Gasteiger partial charge in [-0.25, -0.2) is 0 Å². The van der Waals surface area contributed by atoms with Crippen LogP contribution in [0.5, 0.6) is 0 Å². The van der Waals surface area contributed by atoms with E-state index in [0.717, 1.165) is 27.1 Å². The first kappa shape index (κ1) is 39.8. The van der Waals surface area contributed by atoms with Gasteiger partial charge in [0, 0.05) is 0 Å². The molecule has 0 aromatic heterocycles. The van der Waals surface area contributed by atoms with E-state index in [-0.39, 0.29) is 38.1 Å². The Bertz CT molecular complexity index is 1740. The standard InChI is InChI=1S/C46H52O6Si/c1-5-31-48-42(32-47)44(50-34-38-23-13-7-14-24-38)45(51-35-39-25-15-8-16-26-39)43(49-33-37-21-11-6-12-22-37)36-52-53(46(2,3)4,40-27-17-9-18-28-40)41-29-19-10-20-30-41/h1,6-30,42-45,47H,31-36H2,2-4H3/t42-,43+,44-,45-/m1/s1.